The normalized spacial score (nSPS) is 13.6. The molecule has 0 amide bonds. The highest BCUT2D eigenvalue weighted by Crippen LogP contribution is 2.25. The summed E-state index contributed by atoms with van der Waals surface area (Å²) >= 11 is 5.92. The van der Waals surface area contributed by atoms with Gasteiger partial charge in [0.15, 0.2) is 0 Å². The number of methoxy groups -OCH3 is 1. The minimum Gasteiger partial charge on any atom is -0.489 e. The molecular formula is C14H16ClN3O2. The summed E-state index contributed by atoms with van der Waals surface area (Å²) in [4.78, 5) is 8.29. The van der Waals surface area contributed by atoms with Crippen LogP contribution in [-0.4, -0.2) is 23.2 Å². The van der Waals surface area contributed by atoms with Crippen molar-refractivity contribution in [3.05, 3.63) is 47.4 Å². The molecule has 1 heterocycles. The molecular weight excluding hydrogens is 278 g/mol. The standard InChI is InChI=1S/C14H16ClN3O2/c1-9(20-11-5-3-4-10(15)8-11)12(16)13-14(19-2)18-7-6-17-13/h3-9,12H,16H2,1-2H3. The van der Waals surface area contributed by atoms with Crippen molar-refractivity contribution in [2.24, 2.45) is 5.73 Å². The smallest absolute Gasteiger partial charge is 0.237 e. The molecule has 0 fully saturated rings. The first-order valence-electron chi connectivity index (χ1n) is 6.14. The van der Waals surface area contributed by atoms with Gasteiger partial charge in [0, 0.05) is 17.4 Å². The number of nitrogens with two attached hydrogens (primary N) is 1. The fraction of sp³-hybridized carbons (Fsp3) is 0.286. The van der Waals surface area contributed by atoms with Crippen molar-refractivity contribution >= 4 is 11.6 Å². The van der Waals surface area contributed by atoms with Crippen molar-refractivity contribution < 1.29 is 9.47 Å². The molecule has 0 spiro atoms. The lowest BCUT2D eigenvalue weighted by molar-refractivity contribution is 0.186. The number of nitrogens with zero attached hydrogens (tertiary/aromatic N) is 2. The van der Waals surface area contributed by atoms with Gasteiger partial charge in [-0.15, -0.1) is 0 Å². The van der Waals surface area contributed by atoms with Crippen molar-refractivity contribution in [1.29, 1.82) is 0 Å². The maximum Gasteiger partial charge on any atom is 0.237 e. The molecule has 0 aliphatic carbocycles. The van der Waals surface area contributed by atoms with Crippen LogP contribution in [0.25, 0.3) is 0 Å². The van der Waals surface area contributed by atoms with Crippen LogP contribution in [0.2, 0.25) is 5.02 Å². The van der Waals surface area contributed by atoms with Gasteiger partial charge in [-0.3, -0.25) is 4.98 Å². The van der Waals surface area contributed by atoms with Crippen LogP contribution < -0.4 is 15.2 Å². The number of ether oxygens (including phenoxy) is 2. The molecule has 2 rings (SSSR count). The van der Waals surface area contributed by atoms with E-state index in [1.165, 1.54) is 7.11 Å². The Morgan fingerprint density at radius 2 is 2.00 bits per heavy atom. The Balaban J connectivity index is 2.14. The zero-order valence-corrected chi connectivity index (χ0v) is 12.0. The zero-order chi connectivity index (χ0) is 14.5. The van der Waals surface area contributed by atoms with Gasteiger partial charge in [0.05, 0.1) is 13.2 Å². The largest absolute Gasteiger partial charge is 0.489 e. The second kappa shape index (κ2) is 6.54. The lowest BCUT2D eigenvalue weighted by Crippen LogP contribution is -2.30. The van der Waals surface area contributed by atoms with E-state index in [1.807, 2.05) is 19.1 Å². The molecule has 1 aromatic heterocycles. The van der Waals surface area contributed by atoms with Gasteiger partial charge >= 0.3 is 0 Å². The second-order valence-electron chi connectivity index (χ2n) is 4.26. The fourth-order valence-corrected chi connectivity index (χ4v) is 1.95. The number of hydrogen-bond donors (Lipinski definition) is 1. The van der Waals surface area contributed by atoms with E-state index < -0.39 is 6.04 Å². The van der Waals surface area contributed by atoms with E-state index in [9.17, 15) is 0 Å². The monoisotopic (exact) mass is 293 g/mol. The number of halogens is 1. The molecule has 106 valence electrons. The lowest BCUT2D eigenvalue weighted by atomic mass is 10.1. The lowest BCUT2D eigenvalue weighted by Gasteiger charge is -2.21. The predicted molar refractivity (Wildman–Crippen MR) is 77.1 cm³/mol. The third kappa shape index (κ3) is 3.37. The Morgan fingerprint density at radius 3 is 2.70 bits per heavy atom. The maximum absolute atomic E-state index is 6.16. The number of aromatic nitrogens is 2. The average Bonchev–Trinajstić information content (AvgIpc) is 2.46. The minimum atomic E-state index is -0.461. The number of hydrogen-bond acceptors (Lipinski definition) is 5. The molecule has 0 aliphatic rings. The van der Waals surface area contributed by atoms with Crippen molar-refractivity contribution in [3.8, 4) is 11.6 Å². The summed E-state index contributed by atoms with van der Waals surface area (Å²) in [6, 6.07) is 6.70. The van der Waals surface area contributed by atoms with Gasteiger partial charge in [0.1, 0.15) is 17.5 Å². The van der Waals surface area contributed by atoms with Crippen LogP contribution in [0.1, 0.15) is 18.7 Å². The molecule has 0 aliphatic heterocycles. The van der Waals surface area contributed by atoms with Crippen LogP contribution in [0.4, 0.5) is 0 Å². The minimum absolute atomic E-state index is 0.306. The highest BCUT2D eigenvalue weighted by Gasteiger charge is 2.22. The molecule has 2 aromatic rings. The van der Waals surface area contributed by atoms with Gasteiger partial charge in [0.2, 0.25) is 5.88 Å². The predicted octanol–water partition coefficient (Wildman–Crippen LogP) is 2.61. The maximum atomic E-state index is 6.16. The van der Waals surface area contributed by atoms with Gasteiger partial charge in [-0.25, -0.2) is 4.98 Å². The van der Waals surface area contributed by atoms with Crippen LogP contribution in [-0.2, 0) is 0 Å². The van der Waals surface area contributed by atoms with Crippen LogP contribution in [0.15, 0.2) is 36.7 Å². The van der Waals surface area contributed by atoms with Crippen molar-refractivity contribution in [1.82, 2.24) is 9.97 Å². The third-order valence-corrected chi connectivity index (χ3v) is 3.06. The molecule has 0 bridgehead atoms. The topological polar surface area (TPSA) is 70.3 Å². The van der Waals surface area contributed by atoms with Gasteiger partial charge in [-0.2, -0.15) is 0 Å². The molecule has 0 radical (unpaired) electrons. The summed E-state index contributed by atoms with van der Waals surface area (Å²) in [6.45, 7) is 1.86. The van der Waals surface area contributed by atoms with E-state index in [0.717, 1.165) is 0 Å². The zero-order valence-electron chi connectivity index (χ0n) is 11.3. The van der Waals surface area contributed by atoms with E-state index in [2.05, 4.69) is 9.97 Å². The van der Waals surface area contributed by atoms with Crippen LogP contribution in [0.3, 0.4) is 0 Å². The highest BCUT2D eigenvalue weighted by molar-refractivity contribution is 6.30. The van der Waals surface area contributed by atoms with Crippen LogP contribution >= 0.6 is 11.6 Å². The summed E-state index contributed by atoms with van der Waals surface area (Å²) in [5.74, 6) is 1.06. The van der Waals surface area contributed by atoms with Crippen molar-refractivity contribution in [2.45, 2.75) is 19.1 Å². The summed E-state index contributed by atoms with van der Waals surface area (Å²) in [5.41, 5.74) is 6.72. The Kier molecular flexibility index (Phi) is 4.76. The molecule has 5 nitrogen and oxygen atoms in total. The Bertz CT molecular complexity index is 580. The highest BCUT2D eigenvalue weighted by atomic mass is 35.5. The number of benzene rings is 1. The summed E-state index contributed by atoms with van der Waals surface area (Å²) in [5, 5.41) is 0.611. The Hall–Kier alpha value is -1.85. The molecule has 1 aromatic carbocycles. The first-order chi connectivity index (χ1) is 9.61. The SMILES string of the molecule is COc1nccnc1C(N)C(C)Oc1cccc(Cl)c1. The van der Waals surface area contributed by atoms with Gasteiger partial charge < -0.3 is 15.2 Å². The van der Waals surface area contributed by atoms with E-state index in [1.54, 1.807) is 24.5 Å². The first-order valence-corrected chi connectivity index (χ1v) is 6.52. The molecule has 20 heavy (non-hydrogen) atoms. The van der Waals surface area contributed by atoms with Crippen molar-refractivity contribution in [3.63, 3.8) is 0 Å². The average molecular weight is 294 g/mol. The first kappa shape index (κ1) is 14.6. The Morgan fingerprint density at radius 1 is 1.25 bits per heavy atom. The summed E-state index contributed by atoms with van der Waals surface area (Å²) in [7, 11) is 1.53. The second-order valence-corrected chi connectivity index (χ2v) is 4.69. The van der Waals surface area contributed by atoms with E-state index in [-0.39, 0.29) is 6.10 Å². The third-order valence-electron chi connectivity index (χ3n) is 2.82. The van der Waals surface area contributed by atoms with E-state index in [4.69, 9.17) is 26.8 Å². The van der Waals surface area contributed by atoms with Gasteiger partial charge in [0.25, 0.3) is 0 Å². The molecule has 2 unspecified atom stereocenters. The summed E-state index contributed by atoms with van der Waals surface area (Å²) in [6.07, 6.45) is 2.82. The molecule has 2 N–H and O–H groups in total. The van der Waals surface area contributed by atoms with Crippen LogP contribution in [0.5, 0.6) is 11.6 Å². The van der Waals surface area contributed by atoms with E-state index in [0.29, 0.717) is 22.3 Å². The van der Waals surface area contributed by atoms with Gasteiger partial charge in [-0.05, 0) is 25.1 Å². The van der Waals surface area contributed by atoms with Crippen LogP contribution in [0, 0.1) is 0 Å². The van der Waals surface area contributed by atoms with E-state index >= 15 is 0 Å². The quantitative estimate of drug-likeness (QED) is 0.917. The van der Waals surface area contributed by atoms with Crippen molar-refractivity contribution in [2.75, 3.05) is 7.11 Å². The fourth-order valence-electron chi connectivity index (χ4n) is 1.77. The number of rotatable bonds is 5. The van der Waals surface area contributed by atoms with Gasteiger partial charge in [-0.1, -0.05) is 17.7 Å². The molecule has 2 atom stereocenters. The summed E-state index contributed by atoms with van der Waals surface area (Å²) < 4.78 is 10.9. The Labute approximate surface area is 122 Å². The molecule has 6 heteroatoms. The molecule has 0 saturated carbocycles. The molecule has 0 saturated heterocycles.